The predicted molar refractivity (Wildman–Crippen MR) is 50.2 cm³/mol. The van der Waals surface area contributed by atoms with E-state index in [0.717, 1.165) is 13.1 Å². The minimum absolute atomic E-state index is 0.275. The van der Waals surface area contributed by atoms with Gasteiger partial charge in [0.1, 0.15) is 0 Å². The van der Waals surface area contributed by atoms with Gasteiger partial charge in [0.25, 0.3) is 0 Å². The first kappa shape index (κ1) is 9.96. The van der Waals surface area contributed by atoms with E-state index in [1.807, 2.05) is 0 Å². The fraction of sp³-hybridized carbons (Fsp3) is 1.00. The zero-order valence-corrected chi connectivity index (χ0v) is 8.16. The molecule has 0 aromatic rings. The van der Waals surface area contributed by atoms with E-state index in [1.54, 1.807) is 0 Å². The normalized spacial score (nSPS) is 26.5. The Bertz CT molecular complexity index is 130. The van der Waals surface area contributed by atoms with Crippen molar-refractivity contribution in [3.63, 3.8) is 0 Å². The molecular weight excluding hydrogens is 152 g/mol. The zero-order chi connectivity index (χ0) is 8.97. The van der Waals surface area contributed by atoms with Gasteiger partial charge in [-0.15, -0.1) is 0 Å². The Hall–Kier alpha value is -0.120. The summed E-state index contributed by atoms with van der Waals surface area (Å²) in [6, 6.07) is 0.649. The van der Waals surface area contributed by atoms with Crippen LogP contribution in [-0.2, 0) is 0 Å². The molecule has 0 aliphatic carbocycles. The summed E-state index contributed by atoms with van der Waals surface area (Å²) >= 11 is 0. The SMILES string of the molecule is CN1CCCC(N(C)CCO)C1. The third-order valence-corrected chi connectivity index (χ3v) is 2.68. The van der Waals surface area contributed by atoms with Crippen molar-refractivity contribution >= 4 is 0 Å². The van der Waals surface area contributed by atoms with Crippen molar-refractivity contribution in [2.75, 3.05) is 40.3 Å². The summed E-state index contributed by atoms with van der Waals surface area (Å²) in [7, 11) is 4.26. The van der Waals surface area contributed by atoms with Crippen molar-refractivity contribution in [1.82, 2.24) is 9.80 Å². The molecule has 72 valence electrons. The summed E-state index contributed by atoms with van der Waals surface area (Å²) in [6.07, 6.45) is 2.57. The van der Waals surface area contributed by atoms with Crippen molar-refractivity contribution < 1.29 is 5.11 Å². The van der Waals surface area contributed by atoms with Crippen molar-refractivity contribution in [2.45, 2.75) is 18.9 Å². The van der Waals surface area contributed by atoms with E-state index in [-0.39, 0.29) is 6.61 Å². The molecule has 0 spiro atoms. The molecule has 1 atom stereocenters. The van der Waals surface area contributed by atoms with Gasteiger partial charge in [-0.1, -0.05) is 0 Å². The van der Waals surface area contributed by atoms with Crippen LogP contribution in [0.25, 0.3) is 0 Å². The molecule has 0 aromatic heterocycles. The van der Waals surface area contributed by atoms with E-state index < -0.39 is 0 Å². The van der Waals surface area contributed by atoms with E-state index in [1.165, 1.54) is 19.4 Å². The fourth-order valence-electron chi connectivity index (χ4n) is 1.84. The van der Waals surface area contributed by atoms with Gasteiger partial charge >= 0.3 is 0 Å². The predicted octanol–water partition coefficient (Wildman–Crippen LogP) is 0.00470. The second-order valence-electron chi connectivity index (χ2n) is 3.76. The summed E-state index contributed by atoms with van der Waals surface area (Å²) in [4.78, 5) is 4.62. The van der Waals surface area contributed by atoms with Crippen LogP contribution in [0, 0.1) is 0 Å². The maximum atomic E-state index is 8.78. The van der Waals surface area contributed by atoms with Gasteiger partial charge in [-0.05, 0) is 33.5 Å². The number of piperidine rings is 1. The molecule has 0 amide bonds. The van der Waals surface area contributed by atoms with Gasteiger partial charge in [-0.3, -0.25) is 4.90 Å². The number of likely N-dealkylation sites (N-methyl/N-ethyl adjacent to an activating group) is 2. The van der Waals surface area contributed by atoms with E-state index in [2.05, 4.69) is 23.9 Å². The molecule has 0 radical (unpaired) electrons. The average Bonchev–Trinajstić information content (AvgIpc) is 2.05. The molecule has 0 aromatic carbocycles. The number of nitrogens with zero attached hydrogens (tertiary/aromatic N) is 2. The van der Waals surface area contributed by atoms with Gasteiger partial charge in [-0.25, -0.2) is 0 Å². The van der Waals surface area contributed by atoms with E-state index in [4.69, 9.17) is 5.11 Å². The highest BCUT2D eigenvalue weighted by Crippen LogP contribution is 2.12. The topological polar surface area (TPSA) is 26.7 Å². The van der Waals surface area contributed by atoms with Crippen LogP contribution < -0.4 is 0 Å². The van der Waals surface area contributed by atoms with Crippen LogP contribution >= 0.6 is 0 Å². The highest BCUT2D eigenvalue weighted by Gasteiger charge is 2.19. The van der Waals surface area contributed by atoms with Gasteiger partial charge in [0.2, 0.25) is 0 Å². The highest BCUT2D eigenvalue weighted by molar-refractivity contribution is 4.77. The molecule has 0 saturated carbocycles. The standard InChI is InChI=1S/C9H20N2O/c1-10-5-3-4-9(8-10)11(2)6-7-12/h9,12H,3-8H2,1-2H3. The number of rotatable bonds is 3. The van der Waals surface area contributed by atoms with Gasteiger partial charge in [-0.2, -0.15) is 0 Å². The number of likely N-dealkylation sites (tertiary alicyclic amines) is 1. The van der Waals surface area contributed by atoms with Crippen molar-refractivity contribution in [3.8, 4) is 0 Å². The molecule has 1 heterocycles. The van der Waals surface area contributed by atoms with E-state index in [0.29, 0.717) is 6.04 Å². The van der Waals surface area contributed by atoms with Crippen molar-refractivity contribution in [1.29, 1.82) is 0 Å². The van der Waals surface area contributed by atoms with E-state index >= 15 is 0 Å². The fourth-order valence-corrected chi connectivity index (χ4v) is 1.84. The molecule has 1 N–H and O–H groups in total. The van der Waals surface area contributed by atoms with Crippen LogP contribution in [0.5, 0.6) is 0 Å². The van der Waals surface area contributed by atoms with Gasteiger partial charge in [0.05, 0.1) is 6.61 Å². The summed E-state index contributed by atoms with van der Waals surface area (Å²) in [5.41, 5.74) is 0. The van der Waals surface area contributed by atoms with Crippen molar-refractivity contribution in [3.05, 3.63) is 0 Å². The first-order chi connectivity index (χ1) is 5.74. The molecule has 12 heavy (non-hydrogen) atoms. The lowest BCUT2D eigenvalue weighted by Gasteiger charge is -2.35. The zero-order valence-electron chi connectivity index (χ0n) is 8.16. The molecule has 3 nitrogen and oxygen atoms in total. The Kier molecular flexibility index (Phi) is 3.98. The van der Waals surface area contributed by atoms with Gasteiger partial charge in [0, 0.05) is 19.1 Å². The minimum atomic E-state index is 0.275. The maximum absolute atomic E-state index is 8.78. The molecule has 1 aliphatic heterocycles. The molecule has 1 rings (SSSR count). The molecule has 1 saturated heterocycles. The maximum Gasteiger partial charge on any atom is 0.0558 e. The Morgan fingerprint density at radius 1 is 1.58 bits per heavy atom. The summed E-state index contributed by atoms with van der Waals surface area (Å²) in [6.45, 7) is 3.45. The van der Waals surface area contributed by atoms with Gasteiger partial charge in [0.15, 0.2) is 0 Å². The Morgan fingerprint density at radius 2 is 2.33 bits per heavy atom. The lowest BCUT2D eigenvalue weighted by Crippen LogP contribution is -2.45. The highest BCUT2D eigenvalue weighted by atomic mass is 16.3. The molecule has 0 bridgehead atoms. The Balaban J connectivity index is 2.29. The monoisotopic (exact) mass is 172 g/mol. The average molecular weight is 172 g/mol. The number of aliphatic hydroxyl groups is 1. The third-order valence-electron chi connectivity index (χ3n) is 2.68. The number of hydrogen-bond acceptors (Lipinski definition) is 3. The van der Waals surface area contributed by atoms with Crippen LogP contribution in [0.3, 0.4) is 0 Å². The lowest BCUT2D eigenvalue weighted by atomic mass is 10.1. The van der Waals surface area contributed by atoms with Crippen LogP contribution in [0.15, 0.2) is 0 Å². The largest absolute Gasteiger partial charge is 0.395 e. The number of hydrogen-bond donors (Lipinski definition) is 1. The molecule has 1 fully saturated rings. The molecular formula is C9H20N2O. The first-order valence-corrected chi connectivity index (χ1v) is 4.73. The minimum Gasteiger partial charge on any atom is -0.395 e. The van der Waals surface area contributed by atoms with Crippen LogP contribution in [-0.4, -0.2) is 61.3 Å². The second-order valence-corrected chi connectivity index (χ2v) is 3.76. The smallest absolute Gasteiger partial charge is 0.0558 e. The summed E-state index contributed by atoms with van der Waals surface area (Å²) in [5, 5.41) is 8.78. The summed E-state index contributed by atoms with van der Waals surface area (Å²) < 4.78 is 0. The second kappa shape index (κ2) is 4.80. The quantitative estimate of drug-likeness (QED) is 0.649. The van der Waals surface area contributed by atoms with Crippen LogP contribution in [0.2, 0.25) is 0 Å². The molecule has 3 heteroatoms. The van der Waals surface area contributed by atoms with Crippen LogP contribution in [0.4, 0.5) is 0 Å². The lowest BCUT2D eigenvalue weighted by molar-refractivity contribution is 0.115. The summed E-state index contributed by atoms with van der Waals surface area (Å²) in [5.74, 6) is 0. The number of aliphatic hydroxyl groups excluding tert-OH is 1. The molecule has 1 unspecified atom stereocenters. The Labute approximate surface area is 75.0 Å². The Morgan fingerprint density at radius 3 is 2.92 bits per heavy atom. The third kappa shape index (κ3) is 2.73. The van der Waals surface area contributed by atoms with Crippen LogP contribution in [0.1, 0.15) is 12.8 Å². The molecule has 1 aliphatic rings. The first-order valence-electron chi connectivity index (χ1n) is 4.73. The van der Waals surface area contributed by atoms with E-state index in [9.17, 15) is 0 Å². The van der Waals surface area contributed by atoms with Crippen molar-refractivity contribution in [2.24, 2.45) is 0 Å². The van der Waals surface area contributed by atoms with Gasteiger partial charge < -0.3 is 10.0 Å².